The van der Waals surface area contributed by atoms with Crippen molar-refractivity contribution in [2.45, 2.75) is 59.0 Å². The van der Waals surface area contributed by atoms with Crippen molar-refractivity contribution in [2.24, 2.45) is 11.8 Å². The minimum absolute atomic E-state index is 0.272. The fraction of sp³-hybridized carbons (Fsp3) is 0.600. The number of carbonyl (C=O) groups is 1. The molecule has 0 radical (unpaired) electrons. The van der Waals surface area contributed by atoms with E-state index in [4.69, 9.17) is 9.72 Å². The number of hydrogen-bond donors (Lipinski definition) is 0. The Hall–Kier alpha value is -1.92. The van der Waals surface area contributed by atoms with Crippen molar-refractivity contribution < 1.29 is 9.53 Å². The van der Waals surface area contributed by atoms with Gasteiger partial charge >= 0.3 is 6.09 Å². The molecule has 1 aromatic carbocycles. The number of benzene rings is 1. The SMILES string of the molecule is C[C@H]1CC=C(c2ccc3sc(CC4CCN(C)CC4)nc3c2)N(C(=O)OC(C)(C)C)C1. The highest BCUT2D eigenvalue weighted by Gasteiger charge is 2.29. The second kappa shape index (κ2) is 8.91. The lowest BCUT2D eigenvalue weighted by Gasteiger charge is -2.33. The van der Waals surface area contributed by atoms with Gasteiger partial charge in [-0.2, -0.15) is 0 Å². The number of thiazole rings is 1. The summed E-state index contributed by atoms with van der Waals surface area (Å²) in [7, 11) is 2.21. The number of aromatic nitrogens is 1. The number of fused-ring (bicyclic) bond motifs is 1. The van der Waals surface area contributed by atoms with Gasteiger partial charge in [0, 0.05) is 18.5 Å². The number of hydrogen-bond acceptors (Lipinski definition) is 5. The van der Waals surface area contributed by atoms with Crippen LogP contribution in [0.5, 0.6) is 0 Å². The van der Waals surface area contributed by atoms with Crippen LogP contribution in [0.25, 0.3) is 15.9 Å². The van der Waals surface area contributed by atoms with Crippen molar-refractivity contribution in [1.82, 2.24) is 14.8 Å². The lowest BCUT2D eigenvalue weighted by atomic mass is 9.94. The molecule has 6 heteroatoms. The number of amides is 1. The Balaban J connectivity index is 1.55. The number of piperidine rings is 1. The largest absolute Gasteiger partial charge is 0.443 e. The van der Waals surface area contributed by atoms with Crippen LogP contribution >= 0.6 is 11.3 Å². The van der Waals surface area contributed by atoms with E-state index in [0.29, 0.717) is 12.5 Å². The van der Waals surface area contributed by atoms with Gasteiger partial charge < -0.3 is 9.64 Å². The molecule has 1 saturated heterocycles. The Kier molecular flexibility index (Phi) is 6.40. The third-order valence-corrected chi connectivity index (χ3v) is 7.20. The van der Waals surface area contributed by atoms with Gasteiger partial charge in [-0.15, -0.1) is 11.3 Å². The zero-order chi connectivity index (χ0) is 22.2. The van der Waals surface area contributed by atoms with Gasteiger partial charge in [-0.25, -0.2) is 9.78 Å². The molecule has 2 aliphatic rings. The number of rotatable bonds is 3. The molecule has 2 aliphatic heterocycles. The third kappa shape index (κ3) is 5.47. The van der Waals surface area contributed by atoms with Gasteiger partial charge in [0.05, 0.1) is 20.9 Å². The number of likely N-dealkylation sites (tertiary alicyclic amines) is 1. The standard InChI is InChI=1S/C25H35N3O2S/c1-17-6-8-21(28(16-17)24(29)30-25(2,3)4)19-7-9-22-20(15-19)26-23(31-22)14-18-10-12-27(5)13-11-18/h7-9,15,17-18H,6,10-14,16H2,1-5H3/t17-/m0/s1. The van der Waals surface area contributed by atoms with Crippen molar-refractivity contribution in [2.75, 3.05) is 26.7 Å². The summed E-state index contributed by atoms with van der Waals surface area (Å²) in [5, 5.41) is 1.23. The number of ether oxygens (including phenoxy) is 1. The summed E-state index contributed by atoms with van der Waals surface area (Å²) in [5.74, 6) is 1.15. The van der Waals surface area contributed by atoms with Crippen LogP contribution in [0.1, 0.15) is 57.5 Å². The molecular formula is C25H35N3O2S. The normalized spacial score (nSPS) is 21.4. The molecule has 4 rings (SSSR count). The van der Waals surface area contributed by atoms with E-state index in [2.05, 4.69) is 43.1 Å². The monoisotopic (exact) mass is 441 g/mol. The predicted octanol–water partition coefficient (Wildman–Crippen LogP) is 5.80. The van der Waals surface area contributed by atoms with Gasteiger partial charge in [-0.05, 0) is 84.1 Å². The average molecular weight is 442 g/mol. The van der Waals surface area contributed by atoms with Crippen LogP contribution in [0.3, 0.4) is 0 Å². The van der Waals surface area contributed by atoms with E-state index in [1.807, 2.05) is 32.1 Å². The van der Waals surface area contributed by atoms with Crippen LogP contribution < -0.4 is 0 Å². The highest BCUT2D eigenvalue weighted by Crippen LogP contribution is 2.33. The Labute approximate surface area is 190 Å². The summed E-state index contributed by atoms with van der Waals surface area (Å²) in [6, 6.07) is 6.43. The highest BCUT2D eigenvalue weighted by atomic mass is 32.1. The molecule has 3 heterocycles. The maximum absolute atomic E-state index is 12.9. The second-order valence-electron chi connectivity index (χ2n) is 10.3. The molecule has 0 bridgehead atoms. The lowest BCUT2D eigenvalue weighted by molar-refractivity contribution is 0.0327. The van der Waals surface area contributed by atoms with E-state index < -0.39 is 5.60 Å². The maximum Gasteiger partial charge on any atom is 0.414 e. The van der Waals surface area contributed by atoms with Crippen molar-refractivity contribution in [3.8, 4) is 0 Å². The summed E-state index contributed by atoms with van der Waals surface area (Å²) in [6.45, 7) is 11.0. The molecule has 31 heavy (non-hydrogen) atoms. The first kappa shape index (κ1) is 22.3. The van der Waals surface area contributed by atoms with E-state index in [1.165, 1.54) is 35.6 Å². The number of allylic oxidation sites excluding steroid dienone is 1. The summed E-state index contributed by atoms with van der Waals surface area (Å²) >= 11 is 1.81. The molecule has 0 N–H and O–H groups in total. The topological polar surface area (TPSA) is 45.7 Å². The maximum atomic E-state index is 12.9. The van der Waals surface area contributed by atoms with Crippen LogP contribution in [0, 0.1) is 11.8 Å². The van der Waals surface area contributed by atoms with E-state index in [0.717, 1.165) is 35.5 Å². The zero-order valence-corrected chi connectivity index (χ0v) is 20.3. The molecule has 1 amide bonds. The molecule has 1 aromatic heterocycles. The minimum atomic E-state index is -0.509. The van der Waals surface area contributed by atoms with Gasteiger partial charge in [0.2, 0.25) is 0 Å². The molecule has 1 fully saturated rings. The molecule has 1 atom stereocenters. The summed E-state index contributed by atoms with van der Waals surface area (Å²) in [4.78, 5) is 22.1. The van der Waals surface area contributed by atoms with Crippen LogP contribution in [-0.4, -0.2) is 53.2 Å². The molecule has 0 unspecified atom stereocenters. The van der Waals surface area contributed by atoms with E-state index in [-0.39, 0.29) is 6.09 Å². The first-order valence-corrected chi connectivity index (χ1v) is 12.3. The predicted molar refractivity (Wildman–Crippen MR) is 128 cm³/mol. The molecule has 0 aliphatic carbocycles. The average Bonchev–Trinajstić information content (AvgIpc) is 3.10. The van der Waals surface area contributed by atoms with Crippen LogP contribution in [-0.2, 0) is 11.2 Å². The molecule has 5 nitrogen and oxygen atoms in total. The number of carbonyl (C=O) groups excluding carboxylic acids is 1. The van der Waals surface area contributed by atoms with Gasteiger partial charge in [-0.1, -0.05) is 19.1 Å². The van der Waals surface area contributed by atoms with Gasteiger partial charge in [0.1, 0.15) is 5.60 Å². The van der Waals surface area contributed by atoms with Crippen molar-refractivity contribution >= 4 is 33.3 Å². The molecule has 2 aromatic rings. The first-order valence-electron chi connectivity index (χ1n) is 11.5. The Morgan fingerprint density at radius 1 is 1.26 bits per heavy atom. The smallest absolute Gasteiger partial charge is 0.414 e. The molecule has 0 saturated carbocycles. The number of nitrogens with zero attached hydrogens (tertiary/aromatic N) is 3. The van der Waals surface area contributed by atoms with Crippen molar-refractivity contribution in [3.05, 3.63) is 34.8 Å². The lowest BCUT2D eigenvalue weighted by Crippen LogP contribution is -2.39. The molecular weight excluding hydrogens is 406 g/mol. The summed E-state index contributed by atoms with van der Waals surface area (Å²) in [5.41, 5.74) is 2.51. The fourth-order valence-electron chi connectivity index (χ4n) is 4.41. The molecule has 0 spiro atoms. The Morgan fingerprint density at radius 2 is 2.00 bits per heavy atom. The third-order valence-electron chi connectivity index (χ3n) is 6.14. The van der Waals surface area contributed by atoms with Gasteiger partial charge in [0.15, 0.2) is 0 Å². The van der Waals surface area contributed by atoms with Gasteiger partial charge in [0.25, 0.3) is 0 Å². The summed E-state index contributed by atoms with van der Waals surface area (Å²) < 4.78 is 6.91. The van der Waals surface area contributed by atoms with E-state index >= 15 is 0 Å². The zero-order valence-electron chi connectivity index (χ0n) is 19.5. The second-order valence-corrected chi connectivity index (χ2v) is 11.4. The summed E-state index contributed by atoms with van der Waals surface area (Å²) in [6.07, 6.45) is 6.45. The molecule has 168 valence electrons. The Morgan fingerprint density at radius 3 is 2.71 bits per heavy atom. The van der Waals surface area contributed by atoms with Crippen molar-refractivity contribution in [3.63, 3.8) is 0 Å². The van der Waals surface area contributed by atoms with E-state index in [9.17, 15) is 4.79 Å². The van der Waals surface area contributed by atoms with Gasteiger partial charge in [-0.3, -0.25) is 4.90 Å². The van der Waals surface area contributed by atoms with Crippen LogP contribution in [0.4, 0.5) is 4.79 Å². The van der Waals surface area contributed by atoms with E-state index in [1.54, 1.807) is 4.90 Å². The van der Waals surface area contributed by atoms with Crippen LogP contribution in [0.15, 0.2) is 24.3 Å². The highest BCUT2D eigenvalue weighted by molar-refractivity contribution is 7.18. The van der Waals surface area contributed by atoms with Crippen LogP contribution in [0.2, 0.25) is 0 Å². The van der Waals surface area contributed by atoms with Crippen molar-refractivity contribution in [1.29, 1.82) is 0 Å². The fourth-order valence-corrected chi connectivity index (χ4v) is 5.47. The Bertz CT molecular complexity index is 967. The first-order chi connectivity index (χ1) is 14.7. The minimum Gasteiger partial charge on any atom is -0.443 e. The quantitative estimate of drug-likeness (QED) is 0.604.